The van der Waals surface area contributed by atoms with Gasteiger partial charge in [-0.1, -0.05) is 25.3 Å². The van der Waals surface area contributed by atoms with Crippen LogP contribution in [-0.4, -0.2) is 39.9 Å². The van der Waals surface area contributed by atoms with Crippen LogP contribution in [0.25, 0.3) is 0 Å². The fourth-order valence-electron chi connectivity index (χ4n) is 3.40. The summed E-state index contributed by atoms with van der Waals surface area (Å²) in [5.74, 6) is -1.31. The molecule has 0 atom stereocenters. The second-order valence-corrected chi connectivity index (χ2v) is 6.77. The second-order valence-electron chi connectivity index (χ2n) is 6.77. The van der Waals surface area contributed by atoms with Crippen molar-refractivity contribution in [3.05, 3.63) is 33.9 Å². The van der Waals surface area contributed by atoms with Crippen molar-refractivity contribution in [2.24, 2.45) is 0 Å². The molecule has 4 amide bonds. The molecular weight excluding hydrogens is 356 g/mol. The number of ether oxygens (including phenoxy) is 1. The van der Waals surface area contributed by atoms with E-state index >= 15 is 0 Å². The van der Waals surface area contributed by atoms with Gasteiger partial charge < -0.3 is 10.1 Å². The van der Waals surface area contributed by atoms with Gasteiger partial charge in [0.15, 0.2) is 12.4 Å². The molecule has 2 N–H and O–H groups in total. The third-order valence-electron chi connectivity index (χ3n) is 4.78. The van der Waals surface area contributed by atoms with Crippen LogP contribution >= 0.6 is 0 Å². The number of carbonyl (C=O) groups is 3. The lowest BCUT2D eigenvalue weighted by Gasteiger charge is -2.30. The topological polar surface area (TPSA) is 131 Å². The summed E-state index contributed by atoms with van der Waals surface area (Å²) >= 11 is 0. The van der Waals surface area contributed by atoms with Crippen molar-refractivity contribution in [2.75, 3.05) is 6.61 Å². The lowest BCUT2D eigenvalue weighted by molar-refractivity contribution is -0.385. The number of aryl methyl sites for hydroxylation is 1. The molecule has 3 rings (SSSR count). The number of nitrogens with zero attached hydrogens (tertiary/aromatic N) is 2. The lowest BCUT2D eigenvalue weighted by Crippen LogP contribution is -2.51. The first-order valence-electron chi connectivity index (χ1n) is 8.66. The number of nitro groups is 1. The van der Waals surface area contributed by atoms with Gasteiger partial charge in [-0.3, -0.25) is 25.1 Å². The van der Waals surface area contributed by atoms with Crippen LogP contribution in [0.2, 0.25) is 0 Å². The highest BCUT2D eigenvalue weighted by molar-refractivity contribution is 6.08. The van der Waals surface area contributed by atoms with Crippen LogP contribution in [0, 0.1) is 17.0 Å². The molecule has 10 nitrogen and oxygen atoms in total. The molecule has 1 aromatic carbocycles. The van der Waals surface area contributed by atoms with Gasteiger partial charge in [0.05, 0.1) is 4.92 Å². The zero-order chi connectivity index (χ0) is 19.6. The van der Waals surface area contributed by atoms with E-state index in [1.165, 1.54) is 12.1 Å². The van der Waals surface area contributed by atoms with Crippen molar-refractivity contribution >= 4 is 23.5 Å². The van der Waals surface area contributed by atoms with Crippen molar-refractivity contribution in [1.29, 1.82) is 0 Å². The number of carbonyl (C=O) groups excluding carboxylic acids is 3. The molecular formula is C17H20N4O6. The van der Waals surface area contributed by atoms with Crippen LogP contribution in [0.5, 0.6) is 5.75 Å². The first-order chi connectivity index (χ1) is 12.8. The van der Waals surface area contributed by atoms with Crippen LogP contribution in [0.4, 0.5) is 10.5 Å². The summed E-state index contributed by atoms with van der Waals surface area (Å²) in [4.78, 5) is 47.2. The highest BCUT2D eigenvalue weighted by atomic mass is 16.6. The van der Waals surface area contributed by atoms with Gasteiger partial charge in [0.1, 0.15) is 5.54 Å². The number of urea groups is 1. The van der Waals surface area contributed by atoms with E-state index in [1.54, 1.807) is 13.0 Å². The smallest absolute Gasteiger partial charge is 0.344 e. The average Bonchev–Trinajstić information content (AvgIpc) is 2.84. The highest BCUT2D eigenvalue weighted by Crippen LogP contribution is 2.33. The van der Waals surface area contributed by atoms with Gasteiger partial charge in [-0.2, -0.15) is 5.01 Å². The largest absolute Gasteiger partial charge is 0.477 e. The van der Waals surface area contributed by atoms with E-state index in [-0.39, 0.29) is 11.4 Å². The number of rotatable bonds is 5. The third-order valence-corrected chi connectivity index (χ3v) is 4.78. The Labute approximate surface area is 155 Å². The van der Waals surface area contributed by atoms with Crippen molar-refractivity contribution < 1.29 is 24.0 Å². The number of hydrogen-bond acceptors (Lipinski definition) is 6. The molecule has 2 aliphatic rings. The molecule has 1 saturated carbocycles. The molecule has 10 heteroatoms. The molecule has 0 bridgehead atoms. The van der Waals surface area contributed by atoms with E-state index in [9.17, 15) is 24.5 Å². The molecule has 144 valence electrons. The average molecular weight is 376 g/mol. The van der Waals surface area contributed by atoms with Crippen LogP contribution < -0.4 is 15.5 Å². The van der Waals surface area contributed by atoms with E-state index in [0.717, 1.165) is 24.8 Å². The Morgan fingerprint density at radius 3 is 2.70 bits per heavy atom. The van der Waals surface area contributed by atoms with Gasteiger partial charge in [-0.25, -0.2) is 4.79 Å². The van der Waals surface area contributed by atoms with Crippen molar-refractivity contribution in [3.8, 4) is 5.75 Å². The minimum atomic E-state index is -0.946. The summed E-state index contributed by atoms with van der Waals surface area (Å²) in [6, 6.07) is 3.60. The number of nitrogens with one attached hydrogen (secondary N) is 2. The monoisotopic (exact) mass is 376 g/mol. The minimum Gasteiger partial charge on any atom is -0.477 e. The Morgan fingerprint density at radius 2 is 2.04 bits per heavy atom. The molecule has 1 spiro atoms. The van der Waals surface area contributed by atoms with Gasteiger partial charge in [0, 0.05) is 6.07 Å². The van der Waals surface area contributed by atoms with Crippen molar-refractivity contribution in [3.63, 3.8) is 0 Å². The van der Waals surface area contributed by atoms with E-state index in [2.05, 4.69) is 10.7 Å². The van der Waals surface area contributed by atoms with Gasteiger partial charge in [-0.15, -0.1) is 0 Å². The Balaban J connectivity index is 1.63. The fourth-order valence-corrected chi connectivity index (χ4v) is 3.40. The number of benzene rings is 1. The van der Waals surface area contributed by atoms with Gasteiger partial charge in [0.2, 0.25) is 0 Å². The normalized spacial score (nSPS) is 18.3. The van der Waals surface area contributed by atoms with Crippen LogP contribution in [0.3, 0.4) is 0 Å². The standard InChI is InChI=1S/C17H20N4O6/c1-11-5-6-12(21(25)26)13(9-11)27-10-14(22)19-20-15(23)17(18-16(20)24)7-3-2-4-8-17/h5-6,9H,2-4,7-8,10H2,1H3,(H,18,24)(H,19,22). The molecule has 2 fully saturated rings. The maximum atomic E-state index is 12.6. The van der Waals surface area contributed by atoms with Crippen LogP contribution in [0.1, 0.15) is 37.7 Å². The minimum absolute atomic E-state index is 0.0592. The molecule has 1 heterocycles. The Kier molecular flexibility index (Phi) is 4.98. The highest BCUT2D eigenvalue weighted by Gasteiger charge is 2.52. The molecule has 0 unspecified atom stereocenters. The lowest BCUT2D eigenvalue weighted by atomic mass is 9.82. The first-order valence-corrected chi connectivity index (χ1v) is 8.66. The molecule has 1 saturated heterocycles. The fraction of sp³-hybridized carbons (Fsp3) is 0.471. The van der Waals surface area contributed by atoms with Crippen LogP contribution in [-0.2, 0) is 9.59 Å². The molecule has 0 radical (unpaired) electrons. The number of imide groups is 1. The maximum absolute atomic E-state index is 12.6. The van der Waals surface area contributed by atoms with E-state index in [0.29, 0.717) is 17.9 Å². The summed E-state index contributed by atoms with van der Waals surface area (Å²) in [5.41, 5.74) is 1.73. The van der Waals surface area contributed by atoms with Gasteiger partial charge in [0.25, 0.3) is 11.8 Å². The zero-order valence-corrected chi connectivity index (χ0v) is 14.8. The van der Waals surface area contributed by atoms with E-state index in [1.807, 2.05) is 0 Å². The summed E-state index contributed by atoms with van der Waals surface area (Å²) in [6.45, 7) is 1.15. The van der Waals surface area contributed by atoms with E-state index < -0.39 is 34.9 Å². The summed E-state index contributed by atoms with van der Waals surface area (Å²) in [5, 5.41) is 14.4. The number of hydrazine groups is 1. The molecule has 0 aromatic heterocycles. The Hall–Kier alpha value is -3.17. The number of hydrogen-bond donors (Lipinski definition) is 2. The SMILES string of the molecule is Cc1ccc([N+](=O)[O-])c(OCC(=O)NN2C(=O)NC3(CCCCC3)C2=O)c1. The third kappa shape index (κ3) is 3.69. The van der Waals surface area contributed by atoms with Crippen molar-refractivity contribution in [1.82, 2.24) is 15.8 Å². The summed E-state index contributed by atoms with van der Waals surface area (Å²) in [6.07, 6.45) is 3.73. The molecule has 1 aliphatic heterocycles. The van der Waals surface area contributed by atoms with Gasteiger partial charge >= 0.3 is 11.7 Å². The number of nitro benzene ring substituents is 1. The zero-order valence-electron chi connectivity index (χ0n) is 14.8. The van der Waals surface area contributed by atoms with E-state index in [4.69, 9.17) is 4.74 Å². The Bertz CT molecular complexity index is 803. The van der Waals surface area contributed by atoms with Crippen molar-refractivity contribution in [2.45, 2.75) is 44.6 Å². The quantitative estimate of drug-likeness (QED) is 0.456. The van der Waals surface area contributed by atoms with Gasteiger partial charge in [-0.05, 0) is 31.4 Å². The van der Waals surface area contributed by atoms with Crippen LogP contribution in [0.15, 0.2) is 18.2 Å². The predicted molar refractivity (Wildman–Crippen MR) is 92.7 cm³/mol. The molecule has 1 aliphatic carbocycles. The first kappa shape index (κ1) is 18.6. The number of amides is 4. The molecule has 27 heavy (non-hydrogen) atoms. The summed E-state index contributed by atoms with van der Waals surface area (Å²) in [7, 11) is 0. The predicted octanol–water partition coefficient (Wildman–Crippen LogP) is 1.57. The Morgan fingerprint density at radius 1 is 1.33 bits per heavy atom. The second kappa shape index (κ2) is 7.22. The summed E-state index contributed by atoms with van der Waals surface area (Å²) < 4.78 is 5.24. The molecule has 1 aromatic rings. The maximum Gasteiger partial charge on any atom is 0.344 e.